The fraction of sp³-hybridized carbons (Fsp3) is 0.389. The van der Waals surface area contributed by atoms with E-state index in [1.807, 2.05) is 24.3 Å². The number of nitrogens with zero attached hydrogens (tertiary/aromatic N) is 3. The Morgan fingerprint density at radius 2 is 1.89 bits per heavy atom. The number of anilines is 2. The average molecular weight is 411 g/mol. The number of alkyl halides is 3. The van der Waals surface area contributed by atoms with E-state index in [1.54, 1.807) is 12.0 Å². The van der Waals surface area contributed by atoms with E-state index >= 15 is 0 Å². The maximum atomic E-state index is 13.3. The minimum Gasteiger partial charge on any atom is -0.385 e. The Balaban J connectivity index is 1.78. The third kappa shape index (κ3) is 5.08. The van der Waals surface area contributed by atoms with Crippen molar-refractivity contribution in [2.75, 3.05) is 30.5 Å². The molecule has 6 nitrogen and oxygen atoms in total. The smallest absolute Gasteiger partial charge is 0.385 e. The van der Waals surface area contributed by atoms with Crippen molar-refractivity contribution in [1.29, 1.82) is 0 Å². The lowest BCUT2D eigenvalue weighted by Gasteiger charge is -2.19. The number of ether oxygens (including phenoxy) is 1. The number of fused-ring (bicyclic) bond motifs is 1. The van der Waals surface area contributed by atoms with E-state index in [0.29, 0.717) is 32.7 Å². The molecule has 0 unspecified atom stereocenters. The molecule has 0 saturated heterocycles. The molecule has 0 aliphatic carbocycles. The topological polar surface area (TPSA) is 62.3 Å². The van der Waals surface area contributed by atoms with Gasteiger partial charge in [-0.1, -0.05) is 24.3 Å². The Morgan fingerprint density at radius 1 is 1.21 bits per heavy atom. The van der Waals surface area contributed by atoms with Crippen LogP contribution in [0.2, 0.25) is 0 Å². The summed E-state index contributed by atoms with van der Waals surface area (Å²) in [5, 5.41) is 5.70. The Bertz CT molecular complexity index is 821. The molecule has 1 aliphatic heterocycles. The molecule has 0 atom stereocenters. The zero-order chi connectivity index (χ0) is 20.1. The molecule has 0 bridgehead atoms. The van der Waals surface area contributed by atoms with Crippen LogP contribution in [0.4, 0.5) is 24.9 Å². The van der Waals surface area contributed by atoms with Crippen molar-refractivity contribution in [2.45, 2.75) is 25.7 Å². The lowest BCUT2D eigenvalue weighted by molar-refractivity contribution is -0.141. The summed E-state index contributed by atoms with van der Waals surface area (Å²) in [6, 6.07) is 8.69. The minimum atomic E-state index is -4.59. The zero-order valence-electron chi connectivity index (χ0n) is 15.2. The quantitative estimate of drug-likeness (QED) is 0.558. The van der Waals surface area contributed by atoms with Crippen LogP contribution in [-0.4, -0.2) is 35.3 Å². The molecule has 3 rings (SSSR count). The van der Waals surface area contributed by atoms with E-state index in [-0.39, 0.29) is 16.9 Å². The summed E-state index contributed by atoms with van der Waals surface area (Å²) in [4.78, 5) is 9.61. The molecule has 1 aliphatic rings. The molecule has 28 heavy (non-hydrogen) atoms. The second-order valence-corrected chi connectivity index (χ2v) is 6.69. The maximum absolute atomic E-state index is 13.3. The largest absolute Gasteiger partial charge is 0.433 e. The van der Waals surface area contributed by atoms with Crippen LogP contribution >= 0.6 is 12.2 Å². The third-order valence-corrected chi connectivity index (χ3v) is 4.45. The molecular formula is C18H20F3N5OS. The van der Waals surface area contributed by atoms with Crippen molar-refractivity contribution in [1.82, 2.24) is 15.3 Å². The molecule has 2 N–H and O–H groups in total. The van der Waals surface area contributed by atoms with Gasteiger partial charge in [0.05, 0.1) is 0 Å². The Hall–Kier alpha value is -2.46. The summed E-state index contributed by atoms with van der Waals surface area (Å²) in [7, 11) is 1.59. The first-order valence-corrected chi connectivity index (χ1v) is 9.09. The van der Waals surface area contributed by atoms with E-state index in [2.05, 4.69) is 20.6 Å². The van der Waals surface area contributed by atoms with Crippen molar-refractivity contribution in [2.24, 2.45) is 0 Å². The third-order valence-electron chi connectivity index (χ3n) is 4.20. The highest BCUT2D eigenvalue weighted by Crippen LogP contribution is 2.33. The first-order valence-electron chi connectivity index (χ1n) is 8.68. The van der Waals surface area contributed by atoms with Gasteiger partial charge in [-0.05, 0) is 29.8 Å². The normalized spacial score (nSPS) is 13.4. The van der Waals surface area contributed by atoms with Gasteiger partial charge in [0.2, 0.25) is 5.95 Å². The molecule has 150 valence electrons. The van der Waals surface area contributed by atoms with Crippen molar-refractivity contribution in [3.8, 4) is 0 Å². The Labute approximate surface area is 166 Å². The van der Waals surface area contributed by atoms with Gasteiger partial charge in [0.25, 0.3) is 0 Å². The number of hydrogen-bond acceptors (Lipinski definition) is 5. The van der Waals surface area contributed by atoms with Gasteiger partial charge in [-0.15, -0.1) is 0 Å². The molecule has 0 amide bonds. The molecule has 10 heteroatoms. The van der Waals surface area contributed by atoms with Crippen molar-refractivity contribution in [3.05, 3.63) is 47.2 Å². The Morgan fingerprint density at radius 3 is 2.50 bits per heavy atom. The number of thiocarbonyl (C=S) groups is 1. The summed E-state index contributed by atoms with van der Waals surface area (Å²) >= 11 is 5.12. The van der Waals surface area contributed by atoms with E-state index in [0.717, 1.165) is 17.2 Å². The zero-order valence-corrected chi connectivity index (χ0v) is 16.0. The Kier molecular flexibility index (Phi) is 6.30. The average Bonchev–Trinajstić information content (AvgIpc) is 3.08. The van der Waals surface area contributed by atoms with Crippen LogP contribution < -0.4 is 15.5 Å². The summed E-state index contributed by atoms with van der Waals surface area (Å²) in [6.07, 6.45) is -3.88. The van der Waals surface area contributed by atoms with Crippen LogP contribution in [0.15, 0.2) is 30.3 Å². The molecular weight excluding hydrogens is 391 g/mol. The minimum absolute atomic E-state index is 0.158. The second kappa shape index (κ2) is 8.70. The van der Waals surface area contributed by atoms with Crippen LogP contribution in [-0.2, 0) is 24.0 Å². The summed E-state index contributed by atoms with van der Waals surface area (Å²) in [6.45, 7) is 2.05. The van der Waals surface area contributed by atoms with E-state index < -0.39 is 11.9 Å². The van der Waals surface area contributed by atoms with Gasteiger partial charge in [-0.3, -0.25) is 0 Å². The van der Waals surface area contributed by atoms with Crippen molar-refractivity contribution >= 4 is 29.1 Å². The van der Waals surface area contributed by atoms with Crippen molar-refractivity contribution in [3.63, 3.8) is 0 Å². The van der Waals surface area contributed by atoms with Crippen molar-refractivity contribution < 1.29 is 17.9 Å². The van der Waals surface area contributed by atoms with Gasteiger partial charge in [0.1, 0.15) is 5.82 Å². The van der Waals surface area contributed by atoms with Gasteiger partial charge in [0, 0.05) is 39.4 Å². The lowest BCUT2D eigenvalue weighted by Crippen LogP contribution is -2.31. The van der Waals surface area contributed by atoms with E-state index in [9.17, 15) is 13.2 Å². The number of rotatable bonds is 6. The number of benzene rings is 1. The van der Waals surface area contributed by atoms with Gasteiger partial charge >= 0.3 is 6.18 Å². The summed E-state index contributed by atoms with van der Waals surface area (Å²) in [5.41, 5.74) is 1.12. The highest BCUT2D eigenvalue weighted by Gasteiger charge is 2.35. The van der Waals surface area contributed by atoms with E-state index in [1.165, 1.54) is 0 Å². The molecule has 0 spiro atoms. The molecule has 0 radical (unpaired) electrons. The molecule has 1 aromatic heterocycles. The number of methoxy groups -OCH3 is 1. The molecule has 1 aromatic carbocycles. The number of nitrogens with one attached hydrogen (secondary N) is 2. The standard InChI is InChI=1S/C18H20F3N5OS/c1-27-8-4-7-22-17(28)25-16-23-14(18(19,20)21)9-15(24-16)26-10-12-5-2-3-6-13(12)11-26/h2-3,5-6,9H,4,7-8,10-11H2,1H3,(H2,22,23,24,25,28). The molecule has 0 fully saturated rings. The highest BCUT2D eigenvalue weighted by molar-refractivity contribution is 7.80. The van der Waals surface area contributed by atoms with E-state index in [4.69, 9.17) is 17.0 Å². The first-order chi connectivity index (χ1) is 13.4. The molecule has 0 saturated carbocycles. The fourth-order valence-corrected chi connectivity index (χ4v) is 3.05. The second-order valence-electron chi connectivity index (χ2n) is 6.28. The maximum Gasteiger partial charge on any atom is 0.433 e. The lowest BCUT2D eigenvalue weighted by atomic mass is 10.1. The number of aromatic nitrogens is 2. The van der Waals surface area contributed by atoms with Crippen LogP contribution in [0.1, 0.15) is 23.2 Å². The van der Waals surface area contributed by atoms with Crippen LogP contribution in [0, 0.1) is 0 Å². The van der Waals surface area contributed by atoms with Gasteiger partial charge < -0.3 is 20.3 Å². The summed E-state index contributed by atoms with van der Waals surface area (Å²) < 4.78 is 44.9. The van der Waals surface area contributed by atoms with Gasteiger partial charge in [-0.25, -0.2) is 4.98 Å². The first kappa shape index (κ1) is 20.3. The van der Waals surface area contributed by atoms with Gasteiger partial charge in [0.15, 0.2) is 10.8 Å². The molecule has 2 aromatic rings. The van der Waals surface area contributed by atoms with Crippen LogP contribution in [0.5, 0.6) is 0 Å². The van der Waals surface area contributed by atoms with Gasteiger partial charge in [-0.2, -0.15) is 18.2 Å². The molecule has 2 heterocycles. The number of halogens is 3. The monoisotopic (exact) mass is 411 g/mol. The van der Waals surface area contributed by atoms with Crippen LogP contribution in [0.25, 0.3) is 0 Å². The highest BCUT2D eigenvalue weighted by atomic mass is 32.1. The summed E-state index contributed by atoms with van der Waals surface area (Å²) in [5.74, 6) is 0.00762. The predicted molar refractivity (Wildman–Crippen MR) is 104 cm³/mol. The van der Waals surface area contributed by atoms with Crippen LogP contribution in [0.3, 0.4) is 0 Å². The SMILES string of the molecule is COCCCNC(=S)Nc1nc(N2Cc3ccccc3C2)cc(C(F)(F)F)n1. The predicted octanol–water partition coefficient (Wildman–Crippen LogP) is 3.34. The fourth-order valence-electron chi connectivity index (χ4n) is 2.86. The number of hydrogen-bond donors (Lipinski definition) is 2.